The molecule has 2 aliphatic rings. The van der Waals surface area contributed by atoms with Gasteiger partial charge >= 0.3 is 0 Å². The van der Waals surface area contributed by atoms with Gasteiger partial charge in [-0.1, -0.05) is 190 Å². The number of fused-ring (bicyclic) bond motifs is 4. The minimum absolute atomic E-state index is 0. The monoisotopic (exact) mass is 1120 g/mol. The predicted molar refractivity (Wildman–Crippen MR) is 287 cm³/mol. The first-order valence-corrected chi connectivity index (χ1v) is 24.6. The van der Waals surface area contributed by atoms with E-state index in [0.717, 1.165) is 74.9 Å². The number of alkyl halides is 2. The molecule has 12 rings (SSSR count). The van der Waals surface area contributed by atoms with E-state index in [0.29, 0.717) is 17.0 Å². The number of hydrogen-bond acceptors (Lipinski definition) is 3. The zero-order chi connectivity index (χ0) is 48.5. The van der Waals surface area contributed by atoms with Crippen molar-refractivity contribution in [2.45, 2.75) is 58.3 Å². The Bertz CT molecular complexity index is 3530. The summed E-state index contributed by atoms with van der Waals surface area (Å²) in [6.45, 7) is 11.6. The molecule has 7 heteroatoms. The predicted octanol–water partition coefficient (Wildman–Crippen LogP) is 17.2. The molecule has 1 aliphatic heterocycles. The topological polar surface area (TPSA) is 24.3 Å². The van der Waals surface area contributed by atoms with Crippen LogP contribution in [-0.4, -0.2) is 9.55 Å². The summed E-state index contributed by atoms with van der Waals surface area (Å²) in [6, 6.07) is 73.4. The average Bonchev–Trinajstić information content (AvgIpc) is 3.95. The van der Waals surface area contributed by atoms with Crippen LogP contribution in [0.4, 0.5) is 31.5 Å². The third kappa shape index (κ3) is 7.44. The number of halogens is 2. The second kappa shape index (κ2) is 18.2. The second-order valence-electron chi connectivity index (χ2n) is 20.4. The molecule has 10 aromatic rings. The van der Waals surface area contributed by atoms with Crippen molar-refractivity contribution in [2.75, 3.05) is 9.80 Å². The van der Waals surface area contributed by atoms with Gasteiger partial charge in [-0.05, 0) is 81.6 Å². The molecule has 0 saturated heterocycles. The molecule has 1 fully saturated rings. The first-order valence-electron chi connectivity index (χ1n) is 24.6. The van der Waals surface area contributed by atoms with Crippen LogP contribution in [0.3, 0.4) is 0 Å². The third-order valence-electron chi connectivity index (χ3n) is 15.6. The Balaban J connectivity index is 0.00000560. The summed E-state index contributed by atoms with van der Waals surface area (Å²) in [6.07, 6.45) is 5.18. The van der Waals surface area contributed by atoms with Crippen LogP contribution in [0.2, 0.25) is 0 Å². The van der Waals surface area contributed by atoms with Crippen LogP contribution in [0, 0.1) is 29.6 Å². The van der Waals surface area contributed by atoms with E-state index in [1.807, 2.05) is 107 Å². The molecule has 4 nitrogen and oxygen atoms in total. The van der Waals surface area contributed by atoms with Crippen molar-refractivity contribution < 1.29 is 29.8 Å². The number of anilines is 4. The number of hydrogen-bond donors (Lipinski definition) is 0. The summed E-state index contributed by atoms with van der Waals surface area (Å²) in [5.74, 6) is -2.79. The van der Waals surface area contributed by atoms with Gasteiger partial charge in [-0.15, -0.1) is 23.8 Å². The van der Waals surface area contributed by atoms with Crippen LogP contribution in [0.5, 0.6) is 0 Å². The first-order chi connectivity index (χ1) is 34.5. The zero-order valence-electron chi connectivity index (χ0n) is 40.7. The normalized spacial score (nSPS) is 15.9. The maximum atomic E-state index is 17.6. The number of pyridine rings is 1. The Hall–Kier alpha value is -7.14. The van der Waals surface area contributed by atoms with E-state index in [9.17, 15) is 0 Å². The molecule has 0 bridgehead atoms. The molecule has 72 heavy (non-hydrogen) atoms. The van der Waals surface area contributed by atoms with Gasteiger partial charge in [0.05, 0.1) is 0 Å². The molecule has 2 aromatic heterocycles. The Kier molecular flexibility index (Phi) is 11.9. The van der Waals surface area contributed by atoms with Gasteiger partial charge in [0.2, 0.25) is 0 Å². The Morgan fingerprint density at radius 1 is 0.542 bits per heavy atom. The molecular weight excluding hydrogens is 1070 g/mol. The number of nitrogens with zero attached hydrogens (tertiary/aromatic N) is 4. The van der Waals surface area contributed by atoms with Crippen LogP contribution >= 0.6 is 0 Å². The van der Waals surface area contributed by atoms with Gasteiger partial charge in [0.25, 0.3) is 5.92 Å². The fourth-order valence-corrected chi connectivity index (χ4v) is 12.7. The van der Waals surface area contributed by atoms with Crippen molar-refractivity contribution in [2.24, 2.45) is 10.8 Å². The van der Waals surface area contributed by atoms with Crippen molar-refractivity contribution in [3.8, 4) is 28.1 Å². The molecule has 0 unspecified atom stereocenters. The smallest absolute Gasteiger partial charge is 0.254 e. The summed E-state index contributed by atoms with van der Waals surface area (Å²) < 4.78 is 37.2. The molecule has 0 N–H and O–H groups in total. The van der Waals surface area contributed by atoms with Gasteiger partial charge < -0.3 is 14.4 Å². The molecule has 0 spiro atoms. The summed E-state index contributed by atoms with van der Waals surface area (Å²) in [7, 11) is 0. The van der Waals surface area contributed by atoms with E-state index in [1.54, 1.807) is 6.07 Å². The number of benzene rings is 8. The van der Waals surface area contributed by atoms with E-state index in [-0.39, 0.29) is 48.4 Å². The quantitative estimate of drug-likeness (QED) is 0.135. The van der Waals surface area contributed by atoms with Gasteiger partial charge in [0.1, 0.15) is 5.82 Å². The molecule has 0 atom stereocenters. The van der Waals surface area contributed by atoms with E-state index >= 15 is 8.78 Å². The van der Waals surface area contributed by atoms with E-state index in [2.05, 4.69) is 142 Å². The molecule has 1 saturated carbocycles. The molecular formula is C65H53F2N4Pt-3. The van der Waals surface area contributed by atoms with Gasteiger partial charge in [-0.3, -0.25) is 0 Å². The summed E-state index contributed by atoms with van der Waals surface area (Å²) in [5.41, 5.74) is 10.3. The van der Waals surface area contributed by atoms with Gasteiger partial charge in [-0.2, -0.15) is 36.4 Å². The van der Waals surface area contributed by atoms with E-state index in [1.165, 1.54) is 23.3 Å². The fourth-order valence-electron chi connectivity index (χ4n) is 12.7. The average molecular weight is 1120 g/mol. The second-order valence-corrected chi connectivity index (χ2v) is 20.4. The van der Waals surface area contributed by atoms with Crippen molar-refractivity contribution in [1.82, 2.24) is 9.55 Å². The van der Waals surface area contributed by atoms with Crippen molar-refractivity contribution in [3.63, 3.8) is 0 Å². The van der Waals surface area contributed by atoms with Crippen molar-refractivity contribution in [3.05, 3.63) is 247 Å². The Morgan fingerprint density at radius 2 is 1.11 bits per heavy atom. The van der Waals surface area contributed by atoms with Crippen LogP contribution in [-0.2, 0) is 32.4 Å². The minimum Gasteiger partial charge on any atom is -0.493 e. The van der Waals surface area contributed by atoms with Crippen LogP contribution in [0.1, 0.15) is 69.2 Å². The number of rotatable bonds is 9. The molecule has 0 radical (unpaired) electrons. The van der Waals surface area contributed by atoms with E-state index in [4.69, 9.17) is 4.98 Å². The molecule has 0 amide bonds. The Morgan fingerprint density at radius 3 is 1.78 bits per heavy atom. The summed E-state index contributed by atoms with van der Waals surface area (Å²) >= 11 is 0. The number of para-hydroxylation sites is 4. The van der Waals surface area contributed by atoms with Crippen LogP contribution < -0.4 is 9.80 Å². The van der Waals surface area contributed by atoms with Crippen molar-refractivity contribution in [1.29, 1.82) is 0 Å². The number of aromatic nitrogens is 2. The SMILES string of the molecule is CC1(C)CCCC(C)(C)C1(c1ccccc1)c1ccnc(-n2c3[c-]c(C(F)(F)c4[c-]c(N5[CH-]N(c6c(-c7ccccc7)cccc6-c6ccccc6)c6ccccc65)ccc4)ccc3c3ccccc32)c1.[Pt]. The minimum atomic E-state index is -3.46. The summed E-state index contributed by atoms with van der Waals surface area (Å²) in [4.78, 5) is 9.18. The molecule has 8 aromatic carbocycles. The van der Waals surface area contributed by atoms with Gasteiger partial charge in [-0.25, -0.2) is 13.8 Å². The molecule has 1 aliphatic carbocycles. The molecule has 360 valence electrons. The summed E-state index contributed by atoms with van der Waals surface area (Å²) in [5, 5.41) is 1.78. The van der Waals surface area contributed by atoms with E-state index < -0.39 is 5.92 Å². The standard InChI is InChI=1S/C65H53F2N4.Pt/c1-62(2)38-20-39-63(3,4)64(62,47-25-12-7-13-26-47)48-37-40-68-60(43-48)71-56-32-15-14-29-54(56)55-36-35-50(42-59(55)71)65(66,67)49-27-18-28-51(41-49)69-44-70(58-34-17-16-33-57(58)69)61-52(45-21-8-5-9-22-45)30-19-31-53(61)46-23-10-6-11-24-46;/h5-19,21-37,40,43-44H,20,38-39H2,1-4H3;/q-3;. The fraction of sp³-hybridized carbons (Fsp3) is 0.169. The molecule has 3 heterocycles. The maximum Gasteiger partial charge on any atom is 0.254 e. The maximum absolute atomic E-state index is 17.6. The van der Waals surface area contributed by atoms with Gasteiger partial charge in [0, 0.05) is 66.4 Å². The third-order valence-corrected chi connectivity index (χ3v) is 15.6. The Labute approximate surface area is 435 Å². The van der Waals surface area contributed by atoms with Crippen LogP contribution in [0.15, 0.2) is 206 Å². The van der Waals surface area contributed by atoms with Crippen molar-refractivity contribution >= 4 is 44.6 Å². The van der Waals surface area contributed by atoms with Gasteiger partial charge in [0.15, 0.2) is 0 Å². The zero-order valence-corrected chi connectivity index (χ0v) is 43.0. The first kappa shape index (κ1) is 47.2. The van der Waals surface area contributed by atoms with Crippen LogP contribution in [0.25, 0.3) is 49.9 Å². The largest absolute Gasteiger partial charge is 0.493 e.